The van der Waals surface area contributed by atoms with Crippen LogP contribution < -0.4 is 26.8 Å². The molecule has 0 radical (unpaired) electrons. The third-order valence-electron chi connectivity index (χ3n) is 8.19. The predicted octanol–water partition coefficient (Wildman–Crippen LogP) is 3.60. The Morgan fingerprint density at radius 1 is 1.14 bits per heavy atom. The van der Waals surface area contributed by atoms with Crippen molar-refractivity contribution in [2.45, 2.75) is 70.5 Å². The number of pyridine rings is 1. The van der Waals surface area contributed by atoms with Crippen LogP contribution in [-0.4, -0.2) is 53.1 Å². The molecule has 2 saturated carbocycles. The van der Waals surface area contributed by atoms with Gasteiger partial charge in [-0.05, 0) is 93.5 Å². The van der Waals surface area contributed by atoms with Crippen molar-refractivity contribution in [3.63, 3.8) is 0 Å². The lowest BCUT2D eigenvalue weighted by molar-refractivity contribution is -0.137. The molecule has 2 heterocycles. The van der Waals surface area contributed by atoms with Crippen molar-refractivity contribution in [3.8, 4) is 0 Å². The topological polar surface area (TPSA) is 155 Å². The Morgan fingerprint density at radius 2 is 1.91 bits per heavy atom. The third kappa shape index (κ3) is 8.42. The highest BCUT2D eigenvalue weighted by Gasteiger charge is 2.38. The molecule has 232 valence electrons. The molecule has 0 spiro atoms. The fourth-order valence-corrected chi connectivity index (χ4v) is 8.65. The maximum Gasteiger partial charge on any atom is 0.287 e. The molecule has 0 aliphatic heterocycles. The minimum Gasteiger partial charge on any atom is -0.353 e. The number of carbonyl (C=O) groups is 5. The number of fused-ring (bicyclic) bond motifs is 2. The van der Waals surface area contributed by atoms with E-state index in [1.165, 1.54) is 36.7 Å². The van der Waals surface area contributed by atoms with Gasteiger partial charge in [-0.1, -0.05) is 19.8 Å². The van der Waals surface area contributed by atoms with E-state index in [0.717, 1.165) is 36.5 Å². The van der Waals surface area contributed by atoms with Gasteiger partial charge in [-0.3, -0.25) is 28.8 Å². The maximum absolute atomic E-state index is 13.3. The fraction of sp³-hybridized carbons (Fsp3) is 0.517. The predicted molar refractivity (Wildman–Crippen MR) is 170 cm³/mol. The molecule has 2 aromatic heterocycles. The normalized spacial score (nSPS) is 21.8. The number of aromatic nitrogens is 1. The number of nitrogens with zero attached hydrogens (tertiary/aromatic N) is 1. The summed E-state index contributed by atoms with van der Waals surface area (Å²) in [6, 6.07) is 3.47. The summed E-state index contributed by atoms with van der Waals surface area (Å²) in [5.41, 5.74) is -0.671. The number of ketones is 1. The minimum atomic E-state index is -1.24. The van der Waals surface area contributed by atoms with Gasteiger partial charge in [0.2, 0.25) is 17.6 Å². The van der Waals surface area contributed by atoms with Gasteiger partial charge < -0.3 is 25.8 Å². The molecule has 2 bridgehead atoms. The van der Waals surface area contributed by atoms with E-state index in [2.05, 4.69) is 60.1 Å². The molecule has 4 N–H and O–H groups in total. The molecule has 43 heavy (non-hydrogen) atoms. The SMILES string of the molecule is CNC(=O)C(=O)CC[C@H](NC(=O)c1sc(Br)cc1Br)C(=O)Nc1cccn(CC(=O)NC2C(C)CC3CCCC2C3)c1=O. The summed E-state index contributed by atoms with van der Waals surface area (Å²) in [7, 11) is 1.32. The molecule has 11 nitrogen and oxygen atoms in total. The Bertz CT molecular complexity index is 1460. The van der Waals surface area contributed by atoms with Crippen molar-refractivity contribution in [1.29, 1.82) is 0 Å². The van der Waals surface area contributed by atoms with Crippen LogP contribution in [0.25, 0.3) is 0 Å². The second kappa shape index (κ2) is 14.8. The van der Waals surface area contributed by atoms with E-state index in [0.29, 0.717) is 25.0 Å². The lowest BCUT2D eigenvalue weighted by Crippen LogP contribution is -2.50. The first kappa shape index (κ1) is 33.1. The zero-order valence-corrected chi connectivity index (χ0v) is 27.9. The van der Waals surface area contributed by atoms with Gasteiger partial charge >= 0.3 is 0 Å². The number of thiophene rings is 1. The Balaban J connectivity index is 1.45. The molecule has 2 aliphatic rings. The average Bonchev–Trinajstić information content (AvgIpc) is 3.32. The van der Waals surface area contributed by atoms with Gasteiger partial charge in [-0.25, -0.2) is 0 Å². The summed E-state index contributed by atoms with van der Waals surface area (Å²) in [5, 5.41) is 10.5. The van der Waals surface area contributed by atoms with E-state index in [9.17, 15) is 28.8 Å². The number of nitrogens with one attached hydrogen (secondary N) is 4. The summed E-state index contributed by atoms with van der Waals surface area (Å²) in [4.78, 5) is 76.7. The molecule has 4 unspecified atom stereocenters. The molecule has 4 amide bonds. The molecule has 2 aliphatic carbocycles. The number of likely N-dealkylation sites (N-methyl/N-ethyl adjacent to an activating group) is 1. The van der Waals surface area contributed by atoms with E-state index in [1.54, 1.807) is 12.1 Å². The number of Topliss-reactive ketones (excluding diaryl/α,β-unsaturated/α-hetero) is 1. The summed E-state index contributed by atoms with van der Waals surface area (Å²) in [5.74, 6) is -1.60. The Hall–Kier alpha value is -2.84. The second-order valence-electron chi connectivity index (χ2n) is 11.2. The lowest BCUT2D eigenvalue weighted by Gasteiger charge is -2.44. The first-order chi connectivity index (χ1) is 20.5. The monoisotopic (exact) mass is 739 g/mol. The van der Waals surface area contributed by atoms with E-state index in [1.807, 2.05) is 0 Å². The fourth-order valence-electron chi connectivity index (χ4n) is 6.15. The average molecular weight is 742 g/mol. The largest absolute Gasteiger partial charge is 0.353 e. The summed E-state index contributed by atoms with van der Waals surface area (Å²) >= 11 is 7.77. The van der Waals surface area contributed by atoms with E-state index >= 15 is 0 Å². The van der Waals surface area contributed by atoms with Crippen molar-refractivity contribution >= 4 is 78.3 Å². The smallest absolute Gasteiger partial charge is 0.287 e. The first-order valence-corrected chi connectivity index (χ1v) is 16.7. The first-order valence-electron chi connectivity index (χ1n) is 14.3. The van der Waals surface area contributed by atoms with Gasteiger partial charge in [0.05, 0.1) is 3.79 Å². The van der Waals surface area contributed by atoms with E-state index in [-0.39, 0.29) is 37.0 Å². The number of carbonyl (C=O) groups excluding carboxylic acids is 5. The number of hydrogen-bond donors (Lipinski definition) is 4. The molecule has 5 atom stereocenters. The molecule has 2 aromatic rings. The Labute approximate surface area is 270 Å². The standard InChI is InChI=1S/C29H35Br2N5O6S/c1-15-11-16-5-3-6-17(12-16)24(15)35-23(38)14-36-10-4-7-20(29(36)42)34-26(39)19(8-9-21(37)27(40)32-2)33-28(41)25-18(30)13-22(31)43-25/h4,7,10,13,15-17,19,24H,3,5-6,8-9,11-12,14H2,1-2H3,(H,32,40)(H,33,41)(H,34,39)(H,35,38)/t15?,16?,17?,19-,24?/m0/s1. The molecular formula is C29H35Br2N5O6S. The van der Waals surface area contributed by atoms with Crippen molar-refractivity contribution in [2.24, 2.45) is 17.8 Å². The highest BCUT2D eigenvalue weighted by molar-refractivity contribution is 9.11. The van der Waals surface area contributed by atoms with Crippen LogP contribution in [-0.2, 0) is 25.7 Å². The van der Waals surface area contributed by atoms with Crippen LogP contribution in [0, 0.1) is 17.8 Å². The molecule has 14 heteroatoms. The van der Waals surface area contributed by atoms with Crippen LogP contribution in [0.15, 0.2) is 37.4 Å². The van der Waals surface area contributed by atoms with Crippen LogP contribution in [0.5, 0.6) is 0 Å². The maximum atomic E-state index is 13.3. The third-order valence-corrected chi connectivity index (χ3v) is 10.7. The zero-order valence-electron chi connectivity index (χ0n) is 23.9. The van der Waals surface area contributed by atoms with Crippen LogP contribution in [0.4, 0.5) is 5.69 Å². The van der Waals surface area contributed by atoms with Crippen LogP contribution in [0.1, 0.15) is 61.5 Å². The number of halogens is 2. The Kier molecular flexibility index (Phi) is 11.3. The number of rotatable bonds is 11. The second-order valence-corrected chi connectivity index (χ2v) is 14.5. The Morgan fingerprint density at radius 3 is 2.60 bits per heavy atom. The number of hydrogen-bond acceptors (Lipinski definition) is 7. The minimum absolute atomic E-state index is 0.0773. The van der Waals surface area contributed by atoms with Crippen LogP contribution in [0.2, 0.25) is 0 Å². The van der Waals surface area contributed by atoms with Gasteiger partial charge in [0, 0.05) is 30.2 Å². The molecular weight excluding hydrogens is 706 g/mol. The molecule has 0 saturated heterocycles. The highest BCUT2D eigenvalue weighted by Crippen LogP contribution is 2.42. The van der Waals surface area contributed by atoms with Gasteiger partial charge in [0.1, 0.15) is 23.2 Å². The summed E-state index contributed by atoms with van der Waals surface area (Å²) < 4.78 is 2.43. The quantitative estimate of drug-likeness (QED) is 0.258. The van der Waals surface area contributed by atoms with Gasteiger partial charge in [-0.2, -0.15) is 0 Å². The summed E-state index contributed by atoms with van der Waals surface area (Å²) in [6.07, 6.45) is 6.74. The van der Waals surface area contributed by atoms with Gasteiger partial charge in [0.15, 0.2) is 0 Å². The van der Waals surface area contributed by atoms with Crippen molar-refractivity contribution in [2.75, 3.05) is 12.4 Å². The van der Waals surface area contributed by atoms with Crippen molar-refractivity contribution in [3.05, 3.63) is 47.9 Å². The van der Waals surface area contributed by atoms with Gasteiger partial charge in [-0.15, -0.1) is 11.3 Å². The lowest BCUT2D eigenvalue weighted by atomic mass is 9.65. The highest BCUT2D eigenvalue weighted by atomic mass is 79.9. The molecule has 4 rings (SSSR count). The zero-order chi connectivity index (χ0) is 31.3. The number of anilines is 1. The number of amides is 4. The molecule has 2 fully saturated rings. The van der Waals surface area contributed by atoms with Crippen LogP contribution in [0.3, 0.4) is 0 Å². The molecule has 0 aromatic carbocycles. The van der Waals surface area contributed by atoms with Crippen molar-refractivity contribution < 1.29 is 24.0 Å². The van der Waals surface area contributed by atoms with E-state index in [4.69, 9.17) is 0 Å². The van der Waals surface area contributed by atoms with Crippen LogP contribution >= 0.6 is 43.2 Å². The summed E-state index contributed by atoms with van der Waals surface area (Å²) in [6.45, 7) is 1.97. The van der Waals surface area contributed by atoms with Gasteiger partial charge in [0.25, 0.3) is 17.4 Å². The van der Waals surface area contributed by atoms with E-state index < -0.39 is 35.1 Å². The van der Waals surface area contributed by atoms with Crippen molar-refractivity contribution in [1.82, 2.24) is 20.5 Å².